The summed E-state index contributed by atoms with van der Waals surface area (Å²) >= 11 is 0. The van der Waals surface area contributed by atoms with E-state index in [4.69, 9.17) is 16.2 Å². The first-order valence-electron chi connectivity index (χ1n) is 17.7. The summed E-state index contributed by atoms with van der Waals surface area (Å²) in [6, 6.07) is 0. The third-order valence-electron chi connectivity index (χ3n) is 12.4. The van der Waals surface area contributed by atoms with Crippen molar-refractivity contribution in [3.63, 3.8) is 0 Å². The van der Waals surface area contributed by atoms with Gasteiger partial charge in [0.15, 0.2) is 0 Å². The van der Waals surface area contributed by atoms with Crippen LogP contribution in [0.1, 0.15) is 145 Å². The van der Waals surface area contributed by atoms with Crippen LogP contribution in [-0.4, -0.2) is 41.3 Å². The molecule has 0 heterocycles. The summed E-state index contributed by atoms with van der Waals surface area (Å²) < 4.78 is 6.24. The highest BCUT2D eigenvalue weighted by molar-refractivity contribution is 5.68. The van der Waals surface area contributed by atoms with Crippen molar-refractivity contribution in [2.24, 2.45) is 51.9 Å². The number of allylic oxidation sites excluding steroid dienone is 1. The summed E-state index contributed by atoms with van der Waals surface area (Å²) in [6.45, 7) is 19.2. The molecule has 4 rings (SSSR count). The zero-order chi connectivity index (χ0) is 30.9. The number of hydrogen-bond acceptors (Lipinski definition) is 4. The molecule has 1 amide bonds. The van der Waals surface area contributed by atoms with Crippen molar-refractivity contribution in [1.82, 2.24) is 4.90 Å². The van der Waals surface area contributed by atoms with E-state index in [1.165, 1.54) is 57.8 Å². The van der Waals surface area contributed by atoms with Crippen molar-refractivity contribution < 1.29 is 9.53 Å². The minimum Gasteiger partial charge on any atom is -0.446 e. The number of carbonyl (C=O) groups excluding carboxylic acids is 1. The number of nitrogens with two attached hydrogens (primary N) is 2. The van der Waals surface area contributed by atoms with E-state index in [1.54, 1.807) is 5.57 Å². The van der Waals surface area contributed by atoms with Gasteiger partial charge in [-0.05, 0) is 132 Å². The Kier molecular flexibility index (Phi) is 10.6. The van der Waals surface area contributed by atoms with Gasteiger partial charge in [-0.3, -0.25) is 0 Å². The average molecular weight is 586 g/mol. The largest absolute Gasteiger partial charge is 0.446 e. The standard InChI is InChI=1S/C37H67N3O2/c1-26(2)11-9-10-12-27-14-16-31-30-15-13-28-25-29(17-19-37(28,8)32(30)18-20-36(27,31)7)42-33(41)40(23-21-34(3,4)38)24-22-35(5,6)39/h13,26-27,29-32H,9-12,14-25,38-39H2,1-8H3. The van der Waals surface area contributed by atoms with Gasteiger partial charge in [-0.1, -0.05) is 58.6 Å². The predicted molar refractivity (Wildman–Crippen MR) is 176 cm³/mol. The molecule has 4 aliphatic rings. The number of nitrogens with zero attached hydrogens (tertiary/aromatic N) is 1. The van der Waals surface area contributed by atoms with Gasteiger partial charge in [0.25, 0.3) is 0 Å². The van der Waals surface area contributed by atoms with Crippen LogP contribution in [0.3, 0.4) is 0 Å². The van der Waals surface area contributed by atoms with Gasteiger partial charge in [0, 0.05) is 30.6 Å². The Labute approximate surface area is 259 Å². The number of amides is 1. The van der Waals surface area contributed by atoms with Gasteiger partial charge >= 0.3 is 6.09 Å². The number of carbonyl (C=O) groups is 1. The van der Waals surface area contributed by atoms with E-state index in [0.29, 0.717) is 18.5 Å². The van der Waals surface area contributed by atoms with Crippen LogP contribution >= 0.6 is 0 Å². The van der Waals surface area contributed by atoms with Crippen LogP contribution < -0.4 is 11.5 Å². The molecule has 0 aromatic heterocycles. The van der Waals surface area contributed by atoms with Crippen LogP contribution in [0, 0.1) is 40.4 Å². The first-order valence-corrected chi connectivity index (χ1v) is 17.7. The highest BCUT2D eigenvalue weighted by Crippen LogP contribution is 2.66. The molecule has 0 radical (unpaired) electrons. The van der Waals surface area contributed by atoms with E-state index in [1.807, 2.05) is 32.6 Å². The fourth-order valence-corrected chi connectivity index (χ4v) is 9.61. The molecule has 4 aliphatic carbocycles. The second-order valence-corrected chi connectivity index (χ2v) is 17.5. The molecular formula is C37H67N3O2. The van der Waals surface area contributed by atoms with Crippen LogP contribution in [0.15, 0.2) is 11.6 Å². The lowest BCUT2D eigenvalue weighted by molar-refractivity contribution is -0.0534. The molecule has 0 saturated heterocycles. The second-order valence-electron chi connectivity index (χ2n) is 17.5. The predicted octanol–water partition coefficient (Wildman–Crippen LogP) is 8.84. The molecule has 5 heteroatoms. The number of unbranched alkanes of at least 4 members (excludes halogenated alkanes) is 1. The lowest BCUT2D eigenvalue weighted by atomic mass is 9.47. The van der Waals surface area contributed by atoms with Crippen molar-refractivity contribution in [2.75, 3.05) is 13.1 Å². The van der Waals surface area contributed by atoms with Crippen molar-refractivity contribution in [2.45, 2.75) is 162 Å². The van der Waals surface area contributed by atoms with E-state index in [9.17, 15) is 4.79 Å². The summed E-state index contributed by atoms with van der Waals surface area (Å²) in [7, 11) is 0. The molecule has 0 aromatic carbocycles. The first-order chi connectivity index (χ1) is 19.5. The van der Waals surface area contributed by atoms with Crippen LogP contribution in [0.25, 0.3) is 0 Å². The maximum Gasteiger partial charge on any atom is 0.410 e. The van der Waals surface area contributed by atoms with Gasteiger partial charge in [-0.15, -0.1) is 0 Å². The third-order valence-corrected chi connectivity index (χ3v) is 12.4. The van der Waals surface area contributed by atoms with E-state index in [-0.39, 0.29) is 28.7 Å². The number of fused-ring (bicyclic) bond motifs is 5. The fraction of sp³-hybridized carbons (Fsp3) is 0.919. The molecule has 0 spiro atoms. The summed E-state index contributed by atoms with van der Waals surface area (Å²) in [4.78, 5) is 15.3. The molecule has 7 atom stereocenters. The smallest absolute Gasteiger partial charge is 0.410 e. The van der Waals surface area contributed by atoms with Gasteiger partial charge in [0.05, 0.1) is 0 Å². The maximum atomic E-state index is 13.4. The quantitative estimate of drug-likeness (QED) is 0.177. The molecule has 4 N–H and O–H groups in total. The molecule has 7 unspecified atom stereocenters. The summed E-state index contributed by atoms with van der Waals surface area (Å²) in [5.41, 5.74) is 14.3. The molecule has 3 saturated carbocycles. The molecule has 242 valence electrons. The van der Waals surface area contributed by atoms with Crippen LogP contribution in [0.5, 0.6) is 0 Å². The Morgan fingerprint density at radius 1 is 0.976 bits per heavy atom. The maximum absolute atomic E-state index is 13.4. The zero-order valence-corrected chi connectivity index (χ0v) is 28.8. The Hall–Kier alpha value is -1.07. The minimum absolute atomic E-state index is 0.0248. The normalized spacial score (nSPS) is 34.8. The SMILES string of the molecule is CC(C)CCCCC1CCC2C3CC=C4CC(OC(=O)N(CCC(C)(C)N)CCC(C)(C)N)CCC4(C)C3CCC12C. The third kappa shape index (κ3) is 7.95. The van der Waals surface area contributed by atoms with E-state index in [0.717, 1.165) is 61.7 Å². The summed E-state index contributed by atoms with van der Waals surface area (Å²) in [6.07, 6.45) is 19.5. The molecular weight excluding hydrogens is 518 g/mol. The van der Waals surface area contributed by atoms with E-state index < -0.39 is 0 Å². The van der Waals surface area contributed by atoms with Gasteiger partial charge in [0.1, 0.15) is 6.10 Å². The molecule has 0 aromatic rings. The zero-order valence-electron chi connectivity index (χ0n) is 28.8. The first kappa shape index (κ1) is 33.8. The van der Waals surface area contributed by atoms with Crippen LogP contribution in [-0.2, 0) is 4.74 Å². The summed E-state index contributed by atoms with van der Waals surface area (Å²) in [5, 5.41) is 0. The van der Waals surface area contributed by atoms with Crippen molar-refractivity contribution in [3.8, 4) is 0 Å². The van der Waals surface area contributed by atoms with E-state index >= 15 is 0 Å². The molecule has 3 fully saturated rings. The Morgan fingerprint density at radius 2 is 1.64 bits per heavy atom. The molecule has 42 heavy (non-hydrogen) atoms. The van der Waals surface area contributed by atoms with Gasteiger partial charge in [0.2, 0.25) is 0 Å². The minimum atomic E-state index is -0.323. The fourth-order valence-electron chi connectivity index (χ4n) is 9.61. The monoisotopic (exact) mass is 586 g/mol. The lowest BCUT2D eigenvalue weighted by Crippen LogP contribution is -2.51. The van der Waals surface area contributed by atoms with Crippen molar-refractivity contribution in [3.05, 3.63) is 11.6 Å². The Balaban J connectivity index is 1.38. The van der Waals surface area contributed by atoms with Crippen LogP contribution in [0.2, 0.25) is 0 Å². The number of hydrogen-bond donors (Lipinski definition) is 2. The van der Waals surface area contributed by atoms with Gasteiger partial charge < -0.3 is 21.1 Å². The van der Waals surface area contributed by atoms with Crippen molar-refractivity contribution >= 4 is 6.09 Å². The molecule has 5 nitrogen and oxygen atoms in total. The Morgan fingerprint density at radius 3 is 2.26 bits per heavy atom. The molecule has 0 aliphatic heterocycles. The average Bonchev–Trinajstić information content (AvgIpc) is 3.21. The van der Waals surface area contributed by atoms with Crippen LogP contribution in [0.4, 0.5) is 4.79 Å². The van der Waals surface area contributed by atoms with Crippen molar-refractivity contribution in [1.29, 1.82) is 0 Å². The van der Waals surface area contributed by atoms with Gasteiger partial charge in [-0.2, -0.15) is 0 Å². The van der Waals surface area contributed by atoms with Gasteiger partial charge in [-0.25, -0.2) is 4.79 Å². The second kappa shape index (κ2) is 13.1. The summed E-state index contributed by atoms with van der Waals surface area (Å²) in [5.74, 6) is 4.29. The number of rotatable bonds is 12. The Bertz CT molecular complexity index is 928. The molecule has 0 bridgehead atoms. The highest BCUT2D eigenvalue weighted by atomic mass is 16.6. The topological polar surface area (TPSA) is 81.6 Å². The number of ether oxygens (including phenoxy) is 1. The lowest BCUT2D eigenvalue weighted by Gasteiger charge is -2.58. The highest BCUT2D eigenvalue weighted by Gasteiger charge is 2.58. The van der Waals surface area contributed by atoms with E-state index in [2.05, 4.69) is 33.8 Å².